The molecule has 162 valence electrons. The van der Waals surface area contributed by atoms with Gasteiger partial charge >= 0.3 is 0 Å². The van der Waals surface area contributed by atoms with Gasteiger partial charge in [0.05, 0.1) is 11.6 Å². The average Bonchev–Trinajstić information content (AvgIpc) is 2.94. The second kappa shape index (κ2) is 8.74. The SMILES string of the molecule is C[Si](C)(C)CCOCn1cc(Br)c2c(F)c(C3CCN(S(C)(=O)=O)CC3)cnc21. The molecule has 3 rings (SSSR count). The van der Waals surface area contributed by atoms with E-state index < -0.39 is 18.1 Å². The van der Waals surface area contributed by atoms with E-state index in [0.717, 1.165) is 6.04 Å². The molecule has 29 heavy (non-hydrogen) atoms. The molecule has 1 aliphatic rings. The number of aromatic nitrogens is 2. The number of piperidine rings is 1. The van der Waals surface area contributed by atoms with Crippen LogP contribution in [-0.2, 0) is 21.5 Å². The van der Waals surface area contributed by atoms with E-state index in [9.17, 15) is 8.42 Å². The normalized spacial score (nSPS) is 17.3. The standard InChI is InChI=1S/C19H29BrFN3O3SSi/c1-28(25,26)24-7-5-14(6-8-24)15-11-22-19-17(18(15)21)16(20)12-23(19)13-27-9-10-29(2,3)4/h11-12,14H,5-10,13H2,1-4H3. The third-order valence-electron chi connectivity index (χ3n) is 5.39. The van der Waals surface area contributed by atoms with Gasteiger partial charge < -0.3 is 9.30 Å². The Morgan fingerprint density at radius 1 is 1.31 bits per heavy atom. The van der Waals surface area contributed by atoms with Crippen LogP contribution in [0.3, 0.4) is 0 Å². The molecule has 0 radical (unpaired) electrons. The van der Waals surface area contributed by atoms with Gasteiger partial charge in [0, 0.05) is 50.2 Å². The predicted molar refractivity (Wildman–Crippen MR) is 120 cm³/mol. The number of sulfonamides is 1. The summed E-state index contributed by atoms with van der Waals surface area (Å²) in [6, 6.07) is 1.07. The second-order valence-electron chi connectivity index (χ2n) is 8.96. The molecule has 10 heteroatoms. The molecule has 0 aliphatic carbocycles. The number of rotatable bonds is 7. The van der Waals surface area contributed by atoms with Crippen molar-refractivity contribution in [3.63, 3.8) is 0 Å². The number of pyridine rings is 1. The molecule has 2 aromatic rings. The van der Waals surface area contributed by atoms with Gasteiger partial charge in [0.1, 0.15) is 18.2 Å². The maximum Gasteiger partial charge on any atom is 0.211 e. The summed E-state index contributed by atoms with van der Waals surface area (Å²) < 4.78 is 48.5. The Balaban J connectivity index is 1.76. The van der Waals surface area contributed by atoms with Gasteiger partial charge in [-0.15, -0.1) is 0 Å². The summed E-state index contributed by atoms with van der Waals surface area (Å²) in [4.78, 5) is 4.52. The maximum atomic E-state index is 15.4. The van der Waals surface area contributed by atoms with Crippen molar-refractivity contribution in [3.05, 3.63) is 28.2 Å². The molecule has 2 aromatic heterocycles. The summed E-state index contributed by atoms with van der Waals surface area (Å²) in [7, 11) is -4.36. The van der Waals surface area contributed by atoms with Gasteiger partial charge in [0.2, 0.25) is 10.0 Å². The Morgan fingerprint density at radius 3 is 2.55 bits per heavy atom. The van der Waals surface area contributed by atoms with Crippen LogP contribution in [0.5, 0.6) is 0 Å². The smallest absolute Gasteiger partial charge is 0.211 e. The monoisotopic (exact) mass is 505 g/mol. The Bertz CT molecular complexity index is 983. The van der Waals surface area contributed by atoms with Gasteiger partial charge in [0.25, 0.3) is 0 Å². The van der Waals surface area contributed by atoms with Crippen molar-refractivity contribution in [2.45, 2.75) is 51.2 Å². The second-order valence-corrected chi connectivity index (χ2v) is 17.4. The Kier molecular flexibility index (Phi) is 6.89. The van der Waals surface area contributed by atoms with E-state index in [4.69, 9.17) is 4.74 Å². The van der Waals surface area contributed by atoms with Crippen molar-refractivity contribution in [2.75, 3.05) is 26.0 Å². The summed E-state index contributed by atoms with van der Waals surface area (Å²) >= 11 is 3.47. The van der Waals surface area contributed by atoms with E-state index >= 15 is 4.39 Å². The summed E-state index contributed by atoms with van der Waals surface area (Å²) in [6.07, 6.45) is 5.81. The third kappa shape index (κ3) is 5.46. The highest BCUT2D eigenvalue weighted by Gasteiger charge is 2.29. The first-order chi connectivity index (χ1) is 13.5. The zero-order chi connectivity index (χ0) is 21.4. The topological polar surface area (TPSA) is 64.4 Å². The van der Waals surface area contributed by atoms with Crippen LogP contribution in [0.1, 0.15) is 24.3 Å². The summed E-state index contributed by atoms with van der Waals surface area (Å²) in [5.74, 6) is -0.311. The number of halogens is 2. The van der Waals surface area contributed by atoms with E-state index in [1.807, 2.05) is 10.8 Å². The molecule has 0 bridgehead atoms. The molecule has 0 spiro atoms. The predicted octanol–water partition coefficient (Wildman–Crippen LogP) is 4.39. The molecule has 1 aliphatic heterocycles. The highest BCUT2D eigenvalue weighted by molar-refractivity contribution is 9.10. The lowest BCUT2D eigenvalue weighted by Gasteiger charge is -2.30. The van der Waals surface area contributed by atoms with Crippen LogP contribution in [0, 0.1) is 5.82 Å². The number of fused-ring (bicyclic) bond motifs is 1. The largest absolute Gasteiger partial charge is 0.361 e. The average molecular weight is 507 g/mol. The Morgan fingerprint density at radius 2 is 1.97 bits per heavy atom. The van der Waals surface area contributed by atoms with Gasteiger partial charge in [-0.3, -0.25) is 0 Å². The van der Waals surface area contributed by atoms with Crippen molar-refractivity contribution in [3.8, 4) is 0 Å². The van der Waals surface area contributed by atoms with Crippen LogP contribution in [0.25, 0.3) is 11.0 Å². The Labute approximate surface area is 181 Å². The number of hydrogen-bond donors (Lipinski definition) is 0. The zero-order valence-corrected chi connectivity index (χ0v) is 20.8. The highest BCUT2D eigenvalue weighted by Crippen LogP contribution is 2.35. The lowest BCUT2D eigenvalue weighted by Crippen LogP contribution is -2.37. The summed E-state index contributed by atoms with van der Waals surface area (Å²) in [5.41, 5.74) is 1.11. The van der Waals surface area contributed by atoms with E-state index in [2.05, 4.69) is 40.6 Å². The minimum Gasteiger partial charge on any atom is -0.361 e. The van der Waals surface area contributed by atoms with Crippen molar-refractivity contribution in [1.29, 1.82) is 0 Å². The Hall–Kier alpha value is -0.813. The highest BCUT2D eigenvalue weighted by atomic mass is 79.9. The molecule has 0 saturated carbocycles. The molecule has 1 saturated heterocycles. The minimum atomic E-state index is -3.20. The molecule has 0 amide bonds. The third-order valence-corrected chi connectivity index (χ3v) is 9.00. The molecular weight excluding hydrogens is 477 g/mol. The van der Waals surface area contributed by atoms with Crippen molar-refractivity contribution in [1.82, 2.24) is 13.9 Å². The van der Waals surface area contributed by atoms with Gasteiger partial charge in [-0.2, -0.15) is 0 Å². The lowest BCUT2D eigenvalue weighted by molar-refractivity contribution is 0.0898. The van der Waals surface area contributed by atoms with Gasteiger partial charge in [-0.1, -0.05) is 19.6 Å². The van der Waals surface area contributed by atoms with Crippen LogP contribution in [0.2, 0.25) is 25.7 Å². The summed E-state index contributed by atoms with van der Waals surface area (Å²) in [5, 5.41) is 0.460. The van der Waals surface area contributed by atoms with Crippen molar-refractivity contribution < 1.29 is 17.5 Å². The summed E-state index contributed by atoms with van der Waals surface area (Å²) in [6.45, 7) is 8.75. The number of nitrogens with zero attached hydrogens (tertiary/aromatic N) is 3. The fourth-order valence-electron chi connectivity index (χ4n) is 3.61. The van der Waals surface area contributed by atoms with Crippen molar-refractivity contribution in [2.24, 2.45) is 0 Å². The van der Waals surface area contributed by atoms with E-state index in [1.54, 1.807) is 6.20 Å². The molecule has 0 atom stereocenters. The lowest BCUT2D eigenvalue weighted by atomic mass is 9.90. The molecule has 0 aromatic carbocycles. The van der Waals surface area contributed by atoms with Crippen LogP contribution >= 0.6 is 15.9 Å². The van der Waals surface area contributed by atoms with Gasteiger partial charge in [-0.05, 0) is 40.7 Å². The zero-order valence-electron chi connectivity index (χ0n) is 17.4. The van der Waals surface area contributed by atoms with Gasteiger partial charge in [0.15, 0.2) is 0 Å². The fraction of sp³-hybridized carbons (Fsp3) is 0.632. The molecule has 1 fully saturated rings. The first kappa shape index (κ1) is 22.9. The maximum absolute atomic E-state index is 15.4. The molecular formula is C19H29BrFN3O3SSi. The quantitative estimate of drug-likeness (QED) is 0.413. The van der Waals surface area contributed by atoms with E-state index in [0.29, 0.717) is 60.3 Å². The van der Waals surface area contributed by atoms with Crippen LogP contribution in [0.15, 0.2) is 16.9 Å². The first-order valence-electron chi connectivity index (χ1n) is 9.83. The molecule has 0 N–H and O–H groups in total. The van der Waals surface area contributed by atoms with Crippen LogP contribution in [0.4, 0.5) is 4.39 Å². The minimum absolute atomic E-state index is 0.0341. The molecule has 0 unspecified atom stereocenters. The van der Waals surface area contributed by atoms with Crippen LogP contribution in [-0.4, -0.2) is 56.3 Å². The van der Waals surface area contributed by atoms with E-state index in [-0.39, 0.29) is 11.7 Å². The fourth-order valence-corrected chi connectivity index (χ4v) is 5.84. The van der Waals surface area contributed by atoms with E-state index in [1.165, 1.54) is 10.6 Å². The van der Waals surface area contributed by atoms with Gasteiger partial charge in [-0.25, -0.2) is 22.1 Å². The number of ether oxygens (including phenoxy) is 1. The molecule has 3 heterocycles. The van der Waals surface area contributed by atoms with Crippen LogP contribution < -0.4 is 0 Å². The van der Waals surface area contributed by atoms with Crippen molar-refractivity contribution >= 4 is 45.1 Å². The number of hydrogen-bond acceptors (Lipinski definition) is 4. The molecule has 6 nitrogen and oxygen atoms in total. The first-order valence-corrected chi connectivity index (χ1v) is 16.2.